The Hall–Kier alpha value is -1.47. The van der Waals surface area contributed by atoms with Crippen LogP contribution in [0.4, 0.5) is 8.78 Å². The van der Waals surface area contributed by atoms with Crippen LogP contribution in [0.3, 0.4) is 0 Å². The van der Waals surface area contributed by atoms with Crippen LogP contribution in [-0.4, -0.2) is 9.55 Å². The molecule has 0 amide bonds. The molecule has 1 heterocycles. The van der Waals surface area contributed by atoms with Gasteiger partial charge in [0.2, 0.25) is 0 Å². The van der Waals surface area contributed by atoms with Crippen LogP contribution < -0.4 is 10.5 Å². The van der Waals surface area contributed by atoms with E-state index in [1.807, 2.05) is 13.0 Å². The number of hydrogen-bond acceptors (Lipinski definition) is 3. The first-order chi connectivity index (χ1) is 9.49. The topological polar surface area (TPSA) is 53.1 Å². The van der Waals surface area contributed by atoms with Gasteiger partial charge in [-0.2, -0.15) is 8.78 Å². The van der Waals surface area contributed by atoms with E-state index in [9.17, 15) is 8.78 Å². The third kappa shape index (κ3) is 3.34. The summed E-state index contributed by atoms with van der Waals surface area (Å²) in [6.45, 7) is -0.845. The molecule has 2 rings (SSSR count). The molecule has 0 saturated carbocycles. The summed E-state index contributed by atoms with van der Waals surface area (Å²) in [6, 6.07) is 5.18. The molecule has 1 aromatic heterocycles. The molecule has 0 aliphatic rings. The van der Waals surface area contributed by atoms with Crippen molar-refractivity contribution >= 4 is 15.9 Å². The maximum Gasteiger partial charge on any atom is 0.320 e. The lowest BCUT2D eigenvalue weighted by Crippen LogP contribution is -2.11. The third-order valence-electron chi connectivity index (χ3n) is 2.78. The molecule has 1 aromatic carbocycles. The zero-order chi connectivity index (χ0) is 14.7. The predicted molar refractivity (Wildman–Crippen MR) is 74.6 cm³/mol. The molecule has 1 atom stereocenters. The Kier molecular flexibility index (Phi) is 4.72. The van der Waals surface area contributed by atoms with Gasteiger partial charge in [0.25, 0.3) is 0 Å². The van der Waals surface area contributed by atoms with E-state index in [0.29, 0.717) is 5.75 Å². The van der Waals surface area contributed by atoms with E-state index in [1.165, 1.54) is 12.4 Å². The lowest BCUT2D eigenvalue weighted by molar-refractivity contribution is 0.0632. The number of nitrogens with zero attached hydrogens (tertiary/aromatic N) is 2. The molecule has 0 saturated heterocycles. The first kappa shape index (κ1) is 14.9. The van der Waals surface area contributed by atoms with E-state index >= 15 is 0 Å². The maximum atomic E-state index is 12.7. The number of rotatable bonds is 5. The Labute approximate surface area is 123 Å². The van der Waals surface area contributed by atoms with E-state index in [4.69, 9.17) is 10.5 Å². The van der Waals surface area contributed by atoms with E-state index in [2.05, 4.69) is 20.9 Å². The summed E-state index contributed by atoms with van der Waals surface area (Å²) in [7, 11) is 0. The van der Waals surface area contributed by atoms with Crippen LogP contribution >= 0.6 is 15.9 Å². The van der Waals surface area contributed by atoms with Crippen molar-refractivity contribution in [3.05, 3.63) is 46.5 Å². The number of benzene rings is 1. The number of alkyl halides is 2. The highest BCUT2D eigenvalue weighted by Gasteiger charge is 2.14. The fourth-order valence-corrected chi connectivity index (χ4v) is 2.16. The Morgan fingerprint density at radius 2 is 2.20 bits per heavy atom. The highest BCUT2D eigenvalue weighted by atomic mass is 79.9. The summed E-state index contributed by atoms with van der Waals surface area (Å²) in [5, 5.41) is 0. The number of imidazole rings is 1. The van der Waals surface area contributed by atoms with E-state index < -0.39 is 6.55 Å². The van der Waals surface area contributed by atoms with Crippen molar-refractivity contribution in [2.24, 2.45) is 5.73 Å². The van der Waals surface area contributed by atoms with Crippen molar-refractivity contribution in [1.82, 2.24) is 9.55 Å². The molecule has 0 bridgehead atoms. The minimum Gasteiger partial charge on any atom is -0.485 e. The summed E-state index contributed by atoms with van der Waals surface area (Å²) in [6.07, 6.45) is 2.54. The number of ether oxygens (including phenoxy) is 1. The molecular formula is C13H14BrF2N3O. The van der Waals surface area contributed by atoms with Gasteiger partial charge in [-0.3, -0.25) is 4.57 Å². The molecule has 4 nitrogen and oxygen atoms in total. The summed E-state index contributed by atoms with van der Waals surface area (Å²) >= 11 is 3.36. The number of halogens is 3. The van der Waals surface area contributed by atoms with Crippen LogP contribution in [-0.2, 0) is 6.61 Å². The number of hydrogen-bond donors (Lipinski definition) is 1. The Bertz CT molecular complexity index is 587. The van der Waals surface area contributed by atoms with Crippen molar-refractivity contribution in [3.63, 3.8) is 0 Å². The number of nitrogens with two attached hydrogens (primary N) is 1. The minimum absolute atomic E-state index is 0.0430. The van der Waals surface area contributed by atoms with Gasteiger partial charge in [0.15, 0.2) is 5.82 Å². The van der Waals surface area contributed by atoms with Crippen molar-refractivity contribution in [3.8, 4) is 5.75 Å². The monoisotopic (exact) mass is 345 g/mol. The Morgan fingerprint density at radius 1 is 1.45 bits per heavy atom. The van der Waals surface area contributed by atoms with Gasteiger partial charge in [-0.1, -0.05) is 15.9 Å². The summed E-state index contributed by atoms with van der Waals surface area (Å²) < 4.78 is 32.6. The average Bonchev–Trinajstić information content (AvgIpc) is 2.85. The van der Waals surface area contributed by atoms with Crippen LogP contribution in [0.25, 0.3) is 0 Å². The third-order valence-corrected chi connectivity index (χ3v) is 3.27. The first-order valence-electron chi connectivity index (χ1n) is 5.96. The van der Waals surface area contributed by atoms with Crippen LogP contribution in [0.1, 0.15) is 30.9 Å². The summed E-state index contributed by atoms with van der Waals surface area (Å²) in [5.41, 5.74) is 6.67. The Balaban J connectivity index is 2.17. The van der Waals surface area contributed by atoms with E-state index in [0.717, 1.165) is 14.6 Å². The van der Waals surface area contributed by atoms with Gasteiger partial charge in [0.05, 0.1) is 0 Å². The lowest BCUT2D eigenvalue weighted by Gasteiger charge is -2.15. The smallest absolute Gasteiger partial charge is 0.320 e. The van der Waals surface area contributed by atoms with Gasteiger partial charge in [-0.15, -0.1) is 0 Å². The van der Waals surface area contributed by atoms with Crippen molar-refractivity contribution in [1.29, 1.82) is 0 Å². The molecule has 0 spiro atoms. The molecule has 2 aromatic rings. The van der Waals surface area contributed by atoms with Gasteiger partial charge in [-0.25, -0.2) is 4.98 Å². The highest BCUT2D eigenvalue weighted by molar-refractivity contribution is 9.10. The van der Waals surface area contributed by atoms with Crippen LogP contribution in [0.5, 0.6) is 5.75 Å². The van der Waals surface area contributed by atoms with Crippen LogP contribution in [0, 0.1) is 0 Å². The molecule has 0 aliphatic heterocycles. The Morgan fingerprint density at radius 3 is 2.85 bits per heavy atom. The summed E-state index contributed by atoms with van der Waals surface area (Å²) in [4.78, 5) is 3.86. The van der Waals surface area contributed by atoms with Crippen LogP contribution in [0.15, 0.2) is 35.1 Å². The van der Waals surface area contributed by atoms with Gasteiger partial charge >= 0.3 is 6.55 Å². The molecule has 108 valence electrons. The zero-order valence-corrected chi connectivity index (χ0v) is 12.3. The molecular weight excluding hydrogens is 332 g/mol. The number of aromatic nitrogens is 2. The molecule has 1 unspecified atom stereocenters. The first-order valence-corrected chi connectivity index (χ1v) is 6.76. The van der Waals surface area contributed by atoms with Crippen molar-refractivity contribution < 1.29 is 13.5 Å². The standard InChI is InChI=1S/C13H14BrF2N3O/c1-8(17)10-6-9(14)2-3-11(10)20-7-12-18-4-5-19(12)13(15)16/h2-6,8,13H,7,17H2,1H3. The van der Waals surface area contributed by atoms with E-state index in [-0.39, 0.29) is 18.5 Å². The SMILES string of the molecule is CC(N)c1cc(Br)ccc1OCc1nccn1C(F)F. The van der Waals surface area contributed by atoms with Gasteiger partial charge in [0, 0.05) is 28.5 Å². The zero-order valence-electron chi connectivity index (χ0n) is 10.8. The molecule has 0 fully saturated rings. The molecule has 7 heteroatoms. The quantitative estimate of drug-likeness (QED) is 0.899. The summed E-state index contributed by atoms with van der Waals surface area (Å²) in [5.74, 6) is 0.727. The molecule has 0 aliphatic carbocycles. The fourth-order valence-electron chi connectivity index (χ4n) is 1.78. The van der Waals surface area contributed by atoms with Crippen molar-refractivity contribution in [2.75, 3.05) is 0 Å². The van der Waals surface area contributed by atoms with Gasteiger partial charge < -0.3 is 10.5 Å². The largest absolute Gasteiger partial charge is 0.485 e. The van der Waals surface area contributed by atoms with Gasteiger partial charge in [0.1, 0.15) is 12.4 Å². The second-order valence-electron chi connectivity index (χ2n) is 4.29. The fraction of sp³-hybridized carbons (Fsp3) is 0.308. The predicted octanol–water partition coefficient (Wildman–Crippen LogP) is 3.64. The lowest BCUT2D eigenvalue weighted by atomic mass is 10.1. The second kappa shape index (κ2) is 6.32. The van der Waals surface area contributed by atoms with Crippen molar-refractivity contribution in [2.45, 2.75) is 26.1 Å². The van der Waals surface area contributed by atoms with Crippen LogP contribution in [0.2, 0.25) is 0 Å². The molecule has 0 radical (unpaired) electrons. The highest BCUT2D eigenvalue weighted by Crippen LogP contribution is 2.28. The maximum absolute atomic E-state index is 12.7. The molecule has 20 heavy (non-hydrogen) atoms. The van der Waals surface area contributed by atoms with E-state index in [1.54, 1.807) is 12.1 Å². The normalized spacial score (nSPS) is 12.7. The average molecular weight is 346 g/mol. The van der Waals surface area contributed by atoms with Gasteiger partial charge in [-0.05, 0) is 25.1 Å². The molecule has 2 N–H and O–H groups in total. The second-order valence-corrected chi connectivity index (χ2v) is 5.20. The minimum atomic E-state index is -2.63.